The van der Waals surface area contributed by atoms with Crippen molar-refractivity contribution in [2.45, 2.75) is 46.1 Å². The highest BCUT2D eigenvalue weighted by Gasteiger charge is 2.15. The Morgan fingerprint density at radius 1 is 1.55 bits per heavy atom. The Kier molecular flexibility index (Phi) is 3.73. The van der Waals surface area contributed by atoms with E-state index in [1.807, 2.05) is 6.92 Å². The molecule has 11 heavy (non-hydrogen) atoms. The molecule has 0 aliphatic heterocycles. The van der Waals surface area contributed by atoms with Crippen LogP contribution in [0, 0.1) is 5.92 Å². The number of aliphatic hydroxyl groups is 1. The van der Waals surface area contributed by atoms with Gasteiger partial charge in [0.15, 0.2) is 0 Å². The second-order valence-corrected chi connectivity index (χ2v) is 3.86. The first kappa shape index (κ1) is 10.6. The first-order chi connectivity index (χ1) is 4.83. The van der Waals surface area contributed by atoms with Crippen LogP contribution in [0.15, 0.2) is 0 Å². The van der Waals surface area contributed by atoms with Crippen molar-refractivity contribution in [3.63, 3.8) is 0 Å². The SMILES string of the molecule is CC(=O)C(C)CCC(C)(C)O. The third kappa shape index (κ3) is 6.05. The maximum atomic E-state index is 10.8. The summed E-state index contributed by atoms with van der Waals surface area (Å²) >= 11 is 0. The first-order valence-corrected chi connectivity index (χ1v) is 4.06. The molecule has 2 nitrogen and oxygen atoms in total. The molecule has 0 saturated carbocycles. The number of rotatable bonds is 4. The Bertz CT molecular complexity index is 133. The van der Waals surface area contributed by atoms with Crippen LogP contribution in [0.25, 0.3) is 0 Å². The number of hydrogen-bond acceptors (Lipinski definition) is 2. The fourth-order valence-electron chi connectivity index (χ4n) is 0.773. The van der Waals surface area contributed by atoms with Gasteiger partial charge in [0.1, 0.15) is 5.78 Å². The zero-order chi connectivity index (χ0) is 9.07. The highest BCUT2D eigenvalue weighted by molar-refractivity contribution is 5.77. The van der Waals surface area contributed by atoms with Gasteiger partial charge in [0, 0.05) is 5.92 Å². The highest BCUT2D eigenvalue weighted by atomic mass is 16.3. The van der Waals surface area contributed by atoms with Crippen molar-refractivity contribution in [3.8, 4) is 0 Å². The molecule has 2 heteroatoms. The van der Waals surface area contributed by atoms with Crippen LogP contribution >= 0.6 is 0 Å². The van der Waals surface area contributed by atoms with Crippen LogP contribution in [0.2, 0.25) is 0 Å². The van der Waals surface area contributed by atoms with E-state index in [1.54, 1.807) is 20.8 Å². The van der Waals surface area contributed by atoms with E-state index in [9.17, 15) is 9.90 Å². The quantitative estimate of drug-likeness (QED) is 0.677. The number of Topliss-reactive ketones (excluding diaryl/α,β-unsaturated/α-hetero) is 1. The summed E-state index contributed by atoms with van der Waals surface area (Å²) in [5.74, 6) is 0.288. The largest absolute Gasteiger partial charge is 0.390 e. The lowest BCUT2D eigenvalue weighted by molar-refractivity contribution is -0.120. The first-order valence-electron chi connectivity index (χ1n) is 4.06. The van der Waals surface area contributed by atoms with Gasteiger partial charge in [0.05, 0.1) is 5.60 Å². The van der Waals surface area contributed by atoms with Crippen LogP contribution in [0.1, 0.15) is 40.5 Å². The molecule has 0 saturated heterocycles. The molecule has 0 aliphatic carbocycles. The summed E-state index contributed by atoms with van der Waals surface area (Å²) in [6.45, 7) is 7.02. The highest BCUT2D eigenvalue weighted by Crippen LogP contribution is 2.15. The van der Waals surface area contributed by atoms with Crippen LogP contribution in [0.4, 0.5) is 0 Å². The Hall–Kier alpha value is -0.370. The van der Waals surface area contributed by atoms with Gasteiger partial charge in [-0.3, -0.25) is 4.79 Å². The minimum Gasteiger partial charge on any atom is -0.390 e. The Morgan fingerprint density at radius 3 is 2.27 bits per heavy atom. The van der Waals surface area contributed by atoms with Gasteiger partial charge in [-0.1, -0.05) is 6.92 Å². The van der Waals surface area contributed by atoms with Crippen molar-refractivity contribution in [1.29, 1.82) is 0 Å². The predicted octanol–water partition coefficient (Wildman–Crippen LogP) is 1.76. The molecule has 0 aromatic rings. The lowest BCUT2D eigenvalue weighted by Gasteiger charge is -2.18. The van der Waals surface area contributed by atoms with Crippen LogP contribution in [-0.2, 0) is 4.79 Å². The Balaban J connectivity index is 3.63. The van der Waals surface area contributed by atoms with Crippen LogP contribution in [-0.4, -0.2) is 16.5 Å². The molecule has 0 fully saturated rings. The molecule has 1 unspecified atom stereocenters. The zero-order valence-corrected chi connectivity index (χ0v) is 7.85. The zero-order valence-electron chi connectivity index (χ0n) is 7.85. The predicted molar refractivity (Wildman–Crippen MR) is 45.4 cm³/mol. The molecule has 1 atom stereocenters. The van der Waals surface area contributed by atoms with E-state index in [4.69, 9.17) is 0 Å². The Morgan fingerprint density at radius 2 is 2.00 bits per heavy atom. The van der Waals surface area contributed by atoms with E-state index in [0.29, 0.717) is 6.42 Å². The van der Waals surface area contributed by atoms with Gasteiger partial charge in [-0.25, -0.2) is 0 Å². The van der Waals surface area contributed by atoms with Crippen LogP contribution in [0.5, 0.6) is 0 Å². The molecule has 0 amide bonds. The molecule has 0 aliphatic rings. The standard InChI is InChI=1S/C9H18O2/c1-7(8(2)10)5-6-9(3,4)11/h7,11H,5-6H2,1-4H3. The van der Waals surface area contributed by atoms with Gasteiger partial charge < -0.3 is 5.11 Å². The van der Waals surface area contributed by atoms with E-state index < -0.39 is 5.60 Å². The van der Waals surface area contributed by atoms with Gasteiger partial charge in [0.2, 0.25) is 0 Å². The van der Waals surface area contributed by atoms with Gasteiger partial charge in [-0.2, -0.15) is 0 Å². The molecule has 0 bridgehead atoms. The summed E-state index contributed by atoms with van der Waals surface area (Å²) in [7, 11) is 0. The second kappa shape index (κ2) is 3.86. The van der Waals surface area contributed by atoms with Crippen molar-refractivity contribution in [2.24, 2.45) is 5.92 Å². The van der Waals surface area contributed by atoms with Crippen molar-refractivity contribution in [1.82, 2.24) is 0 Å². The normalized spacial score (nSPS) is 14.6. The Labute approximate surface area is 68.6 Å². The van der Waals surface area contributed by atoms with E-state index in [2.05, 4.69) is 0 Å². The van der Waals surface area contributed by atoms with Crippen molar-refractivity contribution >= 4 is 5.78 Å². The third-order valence-corrected chi connectivity index (χ3v) is 1.88. The summed E-state index contributed by atoms with van der Waals surface area (Å²) in [6, 6.07) is 0. The van der Waals surface area contributed by atoms with Gasteiger partial charge in [0.25, 0.3) is 0 Å². The molecule has 0 aromatic heterocycles. The summed E-state index contributed by atoms with van der Waals surface area (Å²) in [4.78, 5) is 10.8. The van der Waals surface area contributed by atoms with Crippen molar-refractivity contribution in [2.75, 3.05) is 0 Å². The molecule has 0 spiro atoms. The third-order valence-electron chi connectivity index (χ3n) is 1.88. The average molecular weight is 158 g/mol. The fraction of sp³-hybridized carbons (Fsp3) is 0.889. The summed E-state index contributed by atoms with van der Waals surface area (Å²) in [5.41, 5.74) is -0.635. The lowest BCUT2D eigenvalue weighted by atomic mass is 9.94. The van der Waals surface area contributed by atoms with Crippen molar-refractivity contribution < 1.29 is 9.90 Å². The maximum Gasteiger partial charge on any atom is 0.132 e. The van der Waals surface area contributed by atoms with Gasteiger partial charge >= 0.3 is 0 Å². The minimum atomic E-state index is -0.635. The van der Waals surface area contributed by atoms with E-state index in [1.165, 1.54) is 0 Å². The smallest absolute Gasteiger partial charge is 0.132 e. The van der Waals surface area contributed by atoms with E-state index in [0.717, 1.165) is 6.42 Å². The number of hydrogen-bond donors (Lipinski definition) is 1. The van der Waals surface area contributed by atoms with Crippen molar-refractivity contribution in [3.05, 3.63) is 0 Å². The molecule has 0 radical (unpaired) electrons. The molecule has 0 aromatic carbocycles. The summed E-state index contributed by atoms with van der Waals surface area (Å²) in [6.07, 6.45) is 1.46. The average Bonchev–Trinajstić information content (AvgIpc) is 1.80. The fourth-order valence-corrected chi connectivity index (χ4v) is 0.773. The van der Waals surface area contributed by atoms with Gasteiger partial charge in [-0.15, -0.1) is 0 Å². The lowest BCUT2D eigenvalue weighted by Crippen LogP contribution is -2.20. The minimum absolute atomic E-state index is 0.0847. The number of ketones is 1. The number of carbonyl (C=O) groups excluding carboxylic acids is 1. The monoisotopic (exact) mass is 158 g/mol. The summed E-state index contributed by atoms with van der Waals surface area (Å²) < 4.78 is 0. The molecule has 0 heterocycles. The van der Waals surface area contributed by atoms with E-state index in [-0.39, 0.29) is 11.7 Å². The second-order valence-electron chi connectivity index (χ2n) is 3.86. The van der Waals surface area contributed by atoms with Gasteiger partial charge in [-0.05, 0) is 33.6 Å². The van der Waals surface area contributed by atoms with E-state index >= 15 is 0 Å². The van der Waals surface area contributed by atoms with Crippen LogP contribution in [0.3, 0.4) is 0 Å². The summed E-state index contributed by atoms with van der Waals surface area (Å²) in [5, 5.41) is 9.34. The molecule has 0 rings (SSSR count). The molecular formula is C9H18O2. The molecule has 66 valence electrons. The molecular weight excluding hydrogens is 140 g/mol. The topological polar surface area (TPSA) is 37.3 Å². The molecule has 1 N–H and O–H groups in total. The number of carbonyl (C=O) groups is 1. The van der Waals surface area contributed by atoms with Crippen LogP contribution < -0.4 is 0 Å². The maximum absolute atomic E-state index is 10.8.